The van der Waals surface area contributed by atoms with Crippen molar-refractivity contribution in [1.29, 1.82) is 0 Å². The Bertz CT molecular complexity index is 1150. The van der Waals surface area contributed by atoms with Crippen molar-refractivity contribution in [1.82, 2.24) is 4.57 Å². The summed E-state index contributed by atoms with van der Waals surface area (Å²) in [5.41, 5.74) is 4.19. The lowest BCUT2D eigenvalue weighted by molar-refractivity contribution is 0.00702. The molecule has 33 heavy (non-hydrogen) atoms. The van der Waals surface area contributed by atoms with E-state index in [0.717, 1.165) is 22.4 Å². The Morgan fingerprint density at radius 1 is 0.939 bits per heavy atom. The van der Waals surface area contributed by atoms with Crippen molar-refractivity contribution in [3.8, 4) is 11.1 Å². The predicted molar refractivity (Wildman–Crippen MR) is 131 cm³/mol. The minimum atomic E-state index is -0.563. The summed E-state index contributed by atoms with van der Waals surface area (Å²) in [6, 6.07) is 19.1. The highest BCUT2D eigenvalue weighted by molar-refractivity contribution is 5.97. The lowest BCUT2D eigenvalue weighted by atomic mass is 9.98. The zero-order valence-electron chi connectivity index (χ0n) is 19.9. The molecular weight excluding hydrogens is 414 g/mol. The van der Waals surface area contributed by atoms with Gasteiger partial charge in [0.1, 0.15) is 11.3 Å². The van der Waals surface area contributed by atoms with Crippen molar-refractivity contribution in [3.05, 3.63) is 89.3 Å². The number of rotatable bonds is 7. The molecule has 0 radical (unpaired) electrons. The third kappa shape index (κ3) is 6.01. The van der Waals surface area contributed by atoms with E-state index >= 15 is 0 Å². The van der Waals surface area contributed by atoms with Crippen LogP contribution in [0.5, 0.6) is 0 Å². The normalized spacial score (nSPS) is 11.5. The van der Waals surface area contributed by atoms with Gasteiger partial charge in [-0.05, 0) is 75.6 Å². The van der Waals surface area contributed by atoms with Crippen LogP contribution >= 0.6 is 0 Å². The molecule has 0 aliphatic heterocycles. The topological polar surface area (TPSA) is 57.5 Å². The van der Waals surface area contributed by atoms with Crippen LogP contribution in [0.2, 0.25) is 0 Å². The molecule has 0 aliphatic rings. The first kappa shape index (κ1) is 24.1. The number of aromatic nitrogens is 1. The molecule has 172 valence electrons. The smallest absolute Gasteiger partial charge is 0.354 e. The fourth-order valence-corrected chi connectivity index (χ4v) is 3.58. The molecule has 0 atom stereocenters. The summed E-state index contributed by atoms with van der Waals surface area (Å²) in [5.74, 6) is -0.680. The first-order chi connectivity index (χ1) is 15.7. The van der Waals surface area contributed by atoms with Crippen LogP contribution in [-0.2, 0) is 16.0 Å². The molecular formula is C28H31NO4. The van der Waals surface area contributed by atoms with E-state index in [-0.39, 0.29) is 11.9 Å². The fourth-order valence-electron chi connectivity index (χ4n) is 3.58. The van der Waals surface area contributed by atoms with Crippen LogP contribution in [0.15, 0.2) is 66.7 Å². The second kappa shape index (κ2) is 10.3. The van der Waals surface area contributed by atoms with Gasteiger partial charge in [0, 0.05) is 12.2 Å². The molecule has 2 aromatic carbocycles. The summed E-state index contributed by atoms with van der Waals surface area (Å²) in [7, 11) is 0. The molecule has 0 unspecified atom stereocenters. The zero-order chi connectivity index (χ0) is 24.0. The van der Waals surface area contributed by atoms with Crippen LogP contribution in [0.1, 0.15) is 66.7 Å². The monoisotopic (exact) mass is 445 g/mol. The van der Waals surface area contributed by atoms with Gasteiger partial charge in [0.2, 0.25) is 0 Å². The summed E-state index contributed by atoms with van der Waals surface area (Å²) in [6.07, 6.45) is 3.91. The first-order valence-electron chi connectivity index (χ1n) is 11.1. The van der Waals surface area contributed by atoms with E-state index in [0.29, 0.717) is 24.4 Å². The van der Waals surface area contributed by atoms with E-state index in [4.69, 9.17) is 9.47 Å². The Kier molecular flexibility index (Phi) is 7.54. The van der Waals surface area contributed by atoms with E-state index in [2.05, 4.69) is 0 Å². The van der Waals surface area contributed by atoms with Crippen LogP contribution < -0.4 is 0 Å². The lowest BCUT2D eigenvalue weighted by Gasteiger charge is -2.20. The molecule has 5 heteroatoms. The van der Waals surface area contributed by atoms with E-state index in [9.17, 15) is 9.59 Å². The zero-order valence-corrected chi connectivity index (χ0v) is 19.9. The molecule has 1 aromatic heterocycles. The first-order valence-corrected chi connectivity index (χ1v) is 11.1. The highest BCUT2D eigenvalue weighted by atomic mass is 16.6. The van der Waals surface area contributed by atoms with E-state index in [1.54, 1.807) is 19.1 Å². The maximum absolute atomic E-state index is 12.7. The highest BCUT2D eigenvalue weighted by Crippen LogP contribution is 2.26. The third-order valence-corrected chi connectivity index (χ3v) is 4.99. The second-order valence-electron chi connectivity index (χ2n) is 8.69. The van der Waals surface area contributed by atoms with Crippen LogP contribution in [0.3, 0.4) is 0 Å². The number of carbonyl (C=O) groups excluding carboxylic acids is 2. The number of nitrogens with zero attached hydrogens (tertiary/aromatic N) is 1. The average Bonchev–Trinajstić information content (AvgIpc) is 3.16. The van der Waals surface area contributed by atoms with Gasteiger partial charge in [-0.1, -0.05) is 48.5 Å². The standard InChI is InChI=1S/C28H31NO4/c1-6-10-22-17-18-25(27(31)32-7-2)29(22)19-20-13-15-21(16-14-20)23-11-8-9-12-24(23)26(30)33-28(3,4)5/h6,8-18H,7,19H2,1-5H3/b10-6-. The van der Waals surface area contributed by atoms with Gasteiger partial charge in [0.25, 0.3) is 0 Å². The predicted octanol–water partition coefficient (Wildman–Crippen LogP) is 6.37. The molecule has 0 spiro atoms. The van der Waals surface area contributed by atoms with Gasteiger partial charge >= 0.3 is 11.9 Å². The van der Waals surface area contributed by atoms with Gasteiger partial charge in [0.15, 0.2) is 0 Å². The summed E-state index contributed by atoms with van der Waals surface area (Å²) in [6.45, 7) is 10.2. The minimum absolute atomic E-state index is 0.328. The highest BCUT2D eigenvalue weighted by Gasteiger charge is 2.21. The molecule has 0 fully saturated rings. The van der Waals surface area contributed by atoms with Gasteiger partial charge in [0.05, 0.1) is 12.2 Å². The largest absolute Gasteiger partial charge is 0.461 e. The Morgan fingerprint density at radius 3 is 2.27 bits per heavy atom. The summed E-state index contributed by atoms with van der Waals surface area (Å²) in [5, 5.41) is 0. The van der Waals surface area contributed by atoms with Gasteiger partial charge in [-0.15, -0.1) is 0 Å². The average molecular weight is 446 g/mol. The number of allylic oxidation sites excluding steroid dienone is 1. The maximum Gasteiger partial charge on any atom is 0.354 e. The Hall–Kier alpha value is -3.60. The third-order valence-electron chi connectivity index (χ3n) is 4.99. The Labute approximate surface area is 195 Å². The lowest BCUT2D eigenvalue weighted by Crippen LogP contribution is -2.24. The van der Waals surface area contributed by atoms with Crippen LogP contribution in [0.25, 0.3) is 17.2 Å². The van der Waals surface area contributed by atoms with Gasteiger partial charge in [-0.2, -0.15) is 0 Å². The number of carbonyl (C=O) groups is 2. The molecule has 0 saturated carbocycles. The Morgan fingerprint density at radius 2 is 1.64 bits per heavy atom. The summed E-state index contributed by atoms with van der Waals surface area (Å²) in [4.78, 5) is 25.1. The minimum Gasteiger partial charge on any atom is -0.461 e. The van der Waals surface area contributed by atoms with Gasteiger partial charge < -0.3 is 14.0 Å². The van der Waals surface area contributed by atoms with Crippen LogP contribution in [0.4, 0.5) is 0 Å². The number of hydrogen-bond acceptors (Lipinski definition) is 4. The van der Waals surface area contributed by atoms with E-state index < -0.39 is 5.60 Å². The fraction of sp³-hybridized carbons (Fsp3) is 0.286. The van der Waals surface area contributed by atoms with E-state index in [1.165, 1.54) is 0 Å². The maximum atomic E-state index is 12.7. The summed E-state index contributed by atoms with van der Waals surface area (Å²) >= 11 is 0. The molecule has 0 bridgehead atoms. The SMILES string of the molecule is C/C=C\c1ccc(C(=O)OCC)n1Cc1ccc(-c2ccccc2C(=O)OC(C)(C)C)cc1. The van der Waals surface area contributed by atoms with Crippen molar-refractivity contribution < 1.29 is 19.1 Å². The quantitative estimate of drug-likeness (QED) is 0.397. The van der Waals surface area contributed by atoms with E-state index in [1.807, 2.05) is 92.9 Å². The van der Waals surface area contributed by atoms with Crippen molar-refractivity contribution in [3.63, 3.8) is 0 Å². The molecule has 0 amide bonds. The molecule has 3 aromatic rings. The number of benzene rings is 2. The summed E-state index contributed by atoms with van der Waals surface area (Å²) < 4.78 is 12.7. The molecule has 0 N–H and O–H groups in total. The number of ether oxygens (including phenoxy) is 2. The van der Waals surface area contributed by atoms with Crippen LogP contribution in [-0.4, -0.2) is 28.7 Å². The molecule has 5 nitrogen and oxygen atoms in total. The van der Waals surface area contributed by atoms with Crippen molar-refractivity contribution >= 4 is 18.0 Å². The Balaban J connectivity index is 1.90. The van der Waals surface area contributed by atoms with Gasteiger partial charge in [-0.25, -0.2) is 9.59 Å². The molecule has 3 rings (SSSR count). The molecule has 1 heterocycles. The number of esters is 2. The number of hydrogen-bond donors (Lipinski definition) is 0. The van der Waals surface area contributed by atoms with Crippen molar-refractivity contribution in [2.45, 2.75) is 46.8 Å². The molecule has 0 saturated heterocycles. The van der Waals surface area contributed by atoms with Crippen LogP contribution in [0, 0.1) is 0 Å². The second-order valence-corrected chi connectivity index (χ2v) is 8.69. The van der Waals surface area contributed by atoms with Gasteiger partial charge in [-0.3, -0.25) is 0 Å². The van der Waals surface area contributed by atoms with Crippen molar-refractivity contribution in [2.24, 2.45) is 0 Å². The molecule has 0 aliphatic carbocycles. The van der Waals surface area contributed by atoms with Crippen molar-refractivity contribution in [2.75, 3.05) is 6.61 Å².